The number of rotatable bonds is 3. The molecule has 3 rings (SSSR count). The summed E-state index contributed by atoms with van der Waals surface area (Å²) in [5.41, 5.74) is 7.27. The normalized spacial score (nSPS) is 18.2. The van der Waals surface area contributed by atoms with Crippen molar-refractivity contribution in [2.45, 2.75) is 18.9 Å². The summed E-state index contributed by atoms with van der Waals surface area (Å²) in [6, 6.07) is 7.95. The Labute approximate surface area is 122 Å². The Morgan fingerprint density at radius 1 is 1.33 bits per heavy atom. The van der Waals surface area contributed by atoms with Crippen LogP contribution in [0, 0.1) is 5.82 Å². The SMILES string of the molecule is NC1CCN(C(=O)Cc2ccn(-c3ccc(F)cc3)n2)C1. The molecule has 0 bridgehead atoms. The molecule has 21 heavy (non-hydrogen) atoms. The van der Waals surface area contributed by atoms with Crippen LogP contribution in [-0.2, 0) is 11.2 Å². The second kappa shape index (κ2) is 5.65. The maximum absolute atomic E-state index is 12.9. The van der Waals surface area contributed by atoms with Gasteiger partial charge < -0.3 is 10.6 Å². The minimum atomic E-state index is -0.285. The molecule has 1 aliphatic heterocycles. The first kappa shape index (κ1) is 13.8. The van der Waals surface area contributed by atoms with Crippen molar-refractivity contribution in [1.29, 1.82) is 0 Å². The van der Waals surface area contributed by atoms with Crippen LogP contribution in [0.1, 0.15) is 12.1 Å². The zero-order valence-corrected chi connectivity index (χ0v) is 11.6. The fourth-order valence-electron chi connectivity index (χ4n) is 2.47. The second-order valence-corrected chi connectivity index (χ2v) is 5.29. The lowest BCUT2D eigenvalue weighted by Crippen LogP contribution is -2.33. The number of aromatic nitrogens is 2. The van der Waals surface area contributed by atoms with E-state index in [2.05, 4.69) is 5.10 Å². The minimum Gasteiger partial charge on any atom is -0.341 e. The fraction of sp³-hybridized carbons (Fsp3) is 0.333. The molecule has 1 saturated heterocycles. The highest BCUT2D eigenvalue weighted by Gasteiger charge is 2.23. The molecule has 1 amide bonds. The Morgan fingerprint density at radius 2 is 2.10 bits per heavy atom. The molecule has 2 heterocycles. The van der Waals surface area contributed by atoms with Crippen molar-refractivity contribution in [3.05, 3.63) is 48.0 Å². The van der Waals surface area contributed by atoms with Crippen molar-refractivity contribution in [2.24, 2.45) is 5.73 Å². The monoisotopic (exact) mass is 288 g/mol. The van der Waals surface area contributed by atoms with Gasteiger partial charge in [-0.2, -0.15) is 5.10 Å². The number of nitrogens with two attached hydrogens (primary N) is 1. The molecule has 1 fully saturated rings. The summed E-state index contributed by atoms with van der Waals surface area (Å²) in [6.07, 6.45) is 2.89. The molecule has 0 saturated carbocycles. The van der Waals surface area contributed by atoms with Crippen LogP contribution in [0.25, 0.3) is 5.69 Å². The first-order chi connectivity index (χ1) is 10.1. The molecule has 5 nitrogen and oxygen atoms in total. The summed E-state index contributed by atoms with van der Waals surface area (Å²) >= 11 is 0. The standard InChI is InChI=1S/C15H17FN4O/c16-11-1-3-14(4-2-11)20-8-6-13(18-20)9-15(21)19-7-5-12(17)10-19/h1-4,6,8,12H,5,7,9-10,17H2. The van der Waals surface area contributed by atoms with Gasteiger partial charge in [-0.1, -0.05) is 0 Å². The molecule has 2 aromatic rings. The summed E-state index contributed by atoms with van der Waals surface area (Å²) in [7, 11) is 0. The first-order valence-corrected chi connectivity index (χ1v) is 6.95. The lowest BCUT2D eigenvalue weighted by molar-refractivity contribution is -0.129. The van der Waals surface area contributed by atoms with E-state index in [0.717, 1.165) is 18.7 Å². The third-order valence-electron chi connectivity index (χ3n) is 3.65. The smallest absolute Gasteiger partial charge is 0.228 e. The molecule has 1 aromatic heterocycles. The van der Waals surface area contributed by atoms with Crippen LogP contribution in [0.2, 0.25) is 0 Å². The summed E-state index contributed by atoms with van der Waals surface area (Å²) < 4.78 is 14.5. The third-order valence-corrected chi connectivity index (χ3v) is 3.65. The number of hydrogen-bond acceptors (Lipinski definition) is 3. The van der Waals surface area contributed by atoms with Crippen LogP contribution in [0.5, 0.6) is 0 Å². The predicted molar refractivity (Wildman–Crippen MR) is 76.4 cm³/mol. The van der Waals surface area contributed by atoms with Crippen molar-refractivity contribution >= 4 is 5.91 Å². The molecule has 0 spiro atoms. The Hall–Kier alpha value is -2.21. The van der Waals surface area contributed by atoms with Gasteiger partial charge in [-0.15, -0.1) is 0 Å². The van der Waals surface area contributed by atoms with Gasteiger partial charge in [0, 0.05) is 25.3 Å². The number of carbonyl (C=O) groups is 1. The third kappa shape index (κ3) is 3.11. The van der Waals surface area contributed by atoms with Gasteiger partial charge in [0.05, 0.1) is 17.8 Å². The maximum Gasteiger partial charge on any atom is 0.228 e. The van der Waals surface area contributed by atoms with Crippen molar-refractivity contribution in [1.82, 2.24) is 14.7 Å². The summed E-state index contributed by atoms with van der Waals surface area (Å²) in [6.45, 7) is 1.34. The van der Waals surface area contributed by atoms with Crippen molar-refractivity contribution < 1.29 is 9.18 Å². The topological polar surface area (TPSA) is 64.2 Å². The molecular weight excluding hydrogens is 271 g/mol. The van der Waals surface area contributed by atoms with Gasteiger partial charge in [0.25, 0.3) is 0 Å². The van der Waals surface area contributed by atoms with Gasteiger partial charge in [-0.05, 0) is 36.8 Å². The number of hydrogen-bond donors (Lipinski definition) is 1. The van der Waals surface area contributed by atoms with Crippen LogP contribution in [0.15, 0.2) is 36.5 Å². The average molecular weight is 288 g/mol. The molecule has 110 valence electrons. The Balaban J connectivity index is 1.67. The van der Waals surface area contributed by atoms with Gasteiger partial charge >= 0.3 is 0 Å². The van der Waals surface area contributed by atoms with Crippen molar-refractivity contribution in [2.75, 3.05) is 13.1 Å². The summed E-state index contributed by atoms with van der Waals surface area (Å²) in [5, 5.41) is 4.36. The molecule has 0 radical (unpaired) electrons. The van der Waals surface area contributed by atoms with Gasteiger partial charge in [0.15, 0.2) is 0 Å². The predicted octanol–water partition coefficient (Wildman–Crippen LogP) is 1.11. The minimum absolute atomic E-state index is 0.0484. The molecular formula is C15H17FN4O. The van der Waals surface area contributed by atoms with Crippen LogP contribution >= 0.6 is 0 Å². The van der Waals surface area contributed by atoms with Crippen LogP contribution < -0.4 is 5.73 Å². The number of halogens is 1. The van der Waals surface area contributed by atoms with Gasteiger partial charge in [-0.3, -0.25) is 4.79 Å². The van der Waals surface area contributed by atoms with E-state index in [-0.39, 0.29) is 24.2 Å². The number of carbonyl (C=O) groups excluding carboxylic acids is 1. The number of nitrogens with zero attached hydrogens (tertiary/aromatic N) is 3. The quantitative estimate of drug-likeness (QED) is 0.920. The Bertz CT molecular complexity index is 637. The Morgan fingerprint density at radius 3 is 2.76 bits per heavy atom. The molecule has 2 N–H and O–H groups in total. The van der Waals surface area contributed by atoms with E-state index < -0.39 is 0 Å². The Kier molecular flexibility index (Phi) is 3.70. The zero-order valence-electron chi connectivity index (χ0n) is 11.6. The van der Waals surface area contributed by atoms with Crippen LogP contribution in [-0.4, -0.2) is 39.7 Å². The zero-order chi connectivity index (χ0) is 14.8. The van der Waals surface area contributed by atoms with E-state index in [0.29, 0.717) is 12.2 Å². The fourth-order valence-corrected chi connectivity index (χ4v) is 2.47. The van der Waals surface area contributed by atoms with Gasteiger partial charge in [0.1, 0.15) is 5.82 Å². The highest BCUT2D eigenvalue weighted by Crippen LogP contribution is 2.12. The van der Waals surface area contributed by atoms with Crippen LogP contribution in [0.4, 0.5) is 4.39 Å². The van der Waals surface area contributed by atoms with Gasteiger partial charge in [-0.25, -0.2) is 9.07 Å². The second-order valence-electron chi connectivity index (χ2n) is 5.29. The van der Waals surface area contributed by atoms with Crippen LogP contribution in [0.3, 0.4) is 0 Å². The van der Waals surface area contributed by atoms with E-state index >= 15 is 0 Å². The van der Waals surface area contributed by atoms with E-state index in [1.54, 1.807) is 34.0 Å². The molecule has 1 atom stereocenters. The first-order valence-electron chi connectivity index (χ1n) is 6.95. The highest BCUT2D eigenvalue weighted by atomic mass is 19.1. The summed E-state index contributed by atoms with van der Waals surface area (Å²) in [4.78, 5) is 13.9. The van der Waals surface area contributed by atoms with E-state index in [4.69, 9.17) is 5.73 Å². The van der Waals surface area contributed by atoms with E-state index in [1.807, 2.05) is 0 Å². The molecule has 1 aromatic carbocycles. The van der Waals surface area contributed by atoms with Crippen molar-refractivity contribution in [3.63, 3.8) is 0 Å². The maximum atomic E-state index is 12.9. The largest absolute Gasteiger partial charge is 0.341 e. The number of benzene rings is 1. The van der Waals surface area contributed by atoms with E-state index in [1.165, 1.54) is 12.1 Å². The van der Waals surface area contributed by atoms with Crippen molar-refractivity contribution in [3.8, 4) is 5.69 Å². The molecule has 0 aliphatic carbocycles. The average Bonchev–Trinajstić information content (AvgIpc) is 3.09. The molecule has 6 heteroatoms. The lowest BCUT2D eigenvalue weighted by atomic mass is 10.3. The number of likely N-dealkylation sites (tertiary alicyclic amines) is 1. The lowest BCUT2D eigenvalue weighted by Gasteiger charge is -2.14. The number of amides is 1. The molecule has 1 aliphatic rings. The summed E-state index contributed by atoms with van der Waals surface area (Å²) in [5.74, 6) is -0.237. The van der Waals surface area contributed by atoms with Gasteiger partial charge in [0.2, 0.25) is 5.91 Å². The highest BCUT2D eigenvalue weighted by molar-refractivity contribution is 5.78. The van der Waals surface area contributed by atoms with E-state index in [9.17, 15) is 9.18 Å². The molecule has 1 unspecified atom stereocenters.